The van der Waals surface area contributed by atoms with Gasteiger partial charge in [-0.3, -0.25) is 0 Å². The highest BCUT2D eigenvalue weighted by Crippen LogP contribution is 2.24. The van der Waals surface area contributed by atoms with Crippen molar-refractivity contribution in [2.45, 2.75) is 45.4 Å². The summed E-state index contributed by atoms with van der Waals surface area (Å²) in [7, 11) is 0. The van der Waals surface area contributed by atoms with Gasteiger partial charge in [-0.2, -0.15) is 0 Å². The van der Waals surface area contributed by atoms with Crippen LogP contribution in [-0.4, -0.2) is 10.9 Å². The molecule has 1 aromatic carbocycles. The molecule has 0 amide bonds. The Balaban J connectivity index is 2.09. The molecule has 0 aliphatic heterocycles. The molecule has 0 bridgehead atoms. The number of hydrogen-bond acceptors (Lipinski definition) is 2. The van der Waals surface area contributed by atoms with E-state index in [2.05, 4.69) is 30.3 Å². The highest BCUT2D eigenvalue weighted by molar-refractivity contribution is 6.04. The van der Waals surface area contributed by atoms with Crippen molar-refractivity contribution in [1.82, 2.24) is 0 Å². The zero-order valence-corrected chi connectivity index (χ0v) is 9.87. The Morgan fingerprint density at radius 3 is 2.88 bits per heavy atom. The summed E-state index contributed by atoms with van der Waals surface area (Å²) in [5.74, 6) is 0. The molecule has 0 saturated heterocycles. The highest BCUT2D eigenvalue weighted by Gasteiger charge is 2.17. The second-order valence-corrected chi connectivity index (χ2v) is 4.50. The van der Waals surface area contributed by atoms with Crippen molar-refractivity contribution >= 4 is 5.71 Å². The van der Waals surface area contributed by atoms with Crippen molar-refractivity contribution in [2.75, 3.05) is 0 Å². The maximum absolute atomic E-state index is 8.84. The average molecular weight is 217 g/mol. The molecule has 0 atom stereocenters. The van der Waals surface area contributed by atoms with E-state index in [0.29, 0.717) is 0 Å². The van der Waals surface area contributed by atoms with Crippen LogP contribution < -0.4 is 0 Å². The van der Waals surface area contributed by atoms with Crippen LogP contribution >= 0.6 is 0 Å². The van der Waals surface area contributed by atoms with Crippen LogP contribution in [0, 0.1) is 0 Å². The Morgan fingerprint density at radius 2 is 2.12 bits per heavy atom. The second kappa shape index (κ2) is 5.15. The third kappa shape index (κ3) is 2.26. The van der Waals surface area contributed by atoms with Gasteiger partial charge in [0.1, 0.15) is 0 Å². The molecule has 2 nitrogen and oxygen atoms in total. The first-order valence-corrected chi connectivity index (χ1v) is 6.18. The molecule has 0 heterocycles. The van der Waals surface area contributed by atoms with Gasteiger partial charge in [-0.15, -0.1) is 0 Å². The van der Waals surface area contributed by atoms with Gasteiger partial charge in [0.25, 0.3) is 0 Å². The molecule has 16 heavy (non-hydrogen) atoms. The number of nitrogens with zero attached hydrogens (tertiary/aromatic N) is 1. The molecule has 0 fully saturated rings. The van der Waals surface area contributed by atoms with Crippen molar-refractivity contribution in [2.24, 2.45) is 5.16 Å². The van der Waals surface area contributed by atoms with E-state index in [1.807, 2.05) is 0 Å². The van der Waals surface area contributed by atoms with E-state index in [9.17, 15) is 0 Å². The quantitative estimate of drug-likeness (QED) is 0.467. The Kier molecular flexibility index (Phi) is 3.60. The molecule has 1 aliphatic rings. The van der Waals surface area contributed by atoms with Gasteiger partial charge in [-0.05, 0) is 36.8 Å². The van der Waals surface area contributed by atoms with Crippen LogP contribution in [-0.2, 0) is 12.8 Å². The summed E-state index contributed by atoms with van der Waals surface area (Å²) in [5.41, 5.74) is 4.75. The maximum Gasteiger partial charge on any atom is 0.0873 e. The average Bonchev–Trinajstić information content (AvgIpc) is 2.71. The number of oxime groups is 1. The topological polar surface area (TPSA) is 32.6 Å². The van der Waals surface area contributed by atoms with Gasteiger partial charge in [-0.25, -0.2) is 0 Å². The molecular formula is C14H19NO. The normalized spacial score (nSPS) is 16.7. The van der Waals surface area contributed by atoms with Gasteiger partial charge in [0, 0.05) is 5.56 Å². The summed E-state index contributed by atoms with van der Waals surface area (Å²) in [6.07, 6.45) is 6.93. The Hall–Kier alpha value is -1.31. The first-order chi connectivity index (χ1) is 7.85. The summed E-state index contributed by atoms with van der Waals surface area (Å²) in [6, 6.07) is 6.56. The molecule has 2 rings (SSSR count). The molecule has 0 aromatic heterocycles. The smallest absolute Gasteiger partial charge is 0.0873 e. The van der Waals surface area contributed by atoms with Gasteiger partial charge in [0.15, 0.2) is 0 Å². The largest absolute Gasteiger partial charge is 0.411 e. The summed E-state index contributed by atoms with van der Waals surface area (Å²) in [5, 5.41) is 12.2. The molecule has 86 valence electrons. The lowest BCUT2D eigenvalue weighted by Crippen LogP contribution is -1.95. The van der Waals surface area contributed by atoms with Gasteiger partial charge < -0.3 is 5.21 Å². The van der Waals surface area contributed by atoms with Crippen molar-refractivity contribution < 1.29 is 5.21 Å². The summed E-state index contributed by atoms with van der Waals surface area (Å²) < 4.78 is 0. The predicted octanol–water partition coefficient (Wildman–Crippen LogP) is 3.54. The molecule has 1 N–H and O–H groups in total. The van der Waals surface area contributed by atoms with E-state index >= 15 is 0 Å². The minimum atomic E-state index is 0.843. The summed E-state index contributed by atoms with van der Waals surface area (Å²) in [6.45, 7) is 2.23. The third-order valence-corrected chi connectivity index (χ3v) is 3.30. The fourth-order valence-corrected chi connectivity index (χ4v) is 2.36. The molecule has 1 aromatic rings. The molecule has 2 heteroatoms. The van der Waals surface area contributed by atoms with Gasteiger partial charge >= 0.3 is 0 Å². The van der Waals surface area contributed by atoms with E-state index in [0.717, 1.165) is 24.1 Å². The van der Waals surface area contributed by atoms with Crippen LogP contribution in [0.2, 0.25) is 0 Å². The van der Waals surface area contributed by atoms with Crippen LogP contribution in [0.3, 0.4) is 0 Å². The first kappa shape index (κ1) is 11.2. The van der Waals surface area contributed by atoms with Crippen molar-refractivity contribution in [3.05, 3.63) is 34.9 Å². The van der Waals surface area contributed by atoms with Crippen molar-refractivity contribution in [1.29, 1.82) is 0 Å². The molecule has 0 spiro atoms. The molecule has 0 saturated carbocycles. The predicted molar refractivity (Wildman–Crippen MR) is 66.3 cm³/mol. The van der Waals surface area contributed by atoms with Gasteiger partial charge in [0.2, 0.25) is 0 Å². The number of fused-ring (bicyclic) bond motifs is 1. The summed E-state index contributed by atoms with van der Waals surface area (Å²) >= 11 is 0. The van der Waals surface area contributed by atoms with E-state index in [-0.39, 0.29) is 0 Å². The Bertz CT molecular complexity index is 396. The lowest BCUT2D eigenvalue weighted by Gasteiger charge is -2.04. The monoisotopic (exact) mass is 217 g/mol. The van der Waals surface area contributed by atoms with E-state index in [1.165, 1.54) is 36.8 Å². The number of benzene rings is 1. The zero-order valence-electron chi connectivity index (χ0n) is 9.87. The fraction of sp³-hybridized carbons (Fsp3) is 0.500. The highest BCUT2D eigenvalue weighted by atomic mass is 16.4. The van der Waals surface area contributed by atoms with Crippen LogP contribution in [0.15, 0.2) is 23.4 Å². The lowest BCUT2D eigenvalue weighted by molar-refractivity contribution is 0.318. The van der Waals surface area contributed by atoms with E-state index in [1.54, 1.807) is 0 Å². The zero-order chi connectivity index (χ0) is 11.4. The summed E-state index contributed by atoms with van der Waals surface area (Å²) in [4.78, 5) is 0. The lowest BCUT2D eigenvalue weighted by atomic mass is 10.0. The fourth-order valence-electron chi connectivity index (χ4n) is 2.36. The Labute approximate surface area is 97.0 Å². The van der Waals surface area contributed by atoms with E-state index in [4.69, 9.17) is 5.21 Å². The maximum atomic E-state index is 8.84. The number of hydrogen-bond donors (Lipinski definition) is 1. The van der Waals surface area contributed by atoms with Crippen LogP contribution in [0.4, 0.5) is 0 Å². The van der Waals surface area contributed by atoms with E-state index < -0.39 is 0 Å². The Morgan fingerprint density at radius 1 is 1.25 bits per heavy atom. The third-order valence-electron chi connectivity index (χ3n) is 3.30. The second-order valence-electron chi connectivity index (χ2n) is 4.50. The number of aryl methyl sites for hydroxylation is 2. The first-order valence-electron chi connectivity index (χ1n) is 6.18. The number of unbranched alkanes of at least 4 members (excludes halogenated alkanes) is 2. The molecule has 0 radical (unpaired) electrons. The van der Waals surface area contributed by atoms with Crippen LogP contribution in [0.25, 0.3) is 0 Å². The minimum Gasteiger partial charge on any atom is -0.411 e. The SMILES string of the molecule is CCCCCc1ccc2c(c1)CC/C2=N\O. The molecule has 1 aliphatic carbocycles. The van der Waals surface area contributed by atoms with Crippen LogP contribution in [0.1, 0.15) is 49.3 Å². The number of rotatable bonds is 4. The minimum absolute atomic E-state index is 0.843. The van der Waals surface area contributed by atoms with Crippen LogP contribution in [0.5, 0.6) is 0 Å². The standard InChI is InChI=1S/C14H19NO/c1-2-3-4-5-11-6-8-13-12(10-11)7-9-14(13)15-16/h6,8,10,16H,2-5,7,9H2,1H3/b15-14+. The van der Waals surface area contributed by atoms with Gasteiger partial charge in [0.05, 0.1) is 5.71 Å². The molecular weight excluding hydrogens is 198 g/mol. The van der Waals surface area contributed by atoms with Gasteiger partial charge in [-0.1, -0.05) is 43.1 Å². The van der Waals surface area contributed by atoms with Crippen molar-refractivity contribution in [3.8, 4) is 0 Å². The van der Waals surface area contributed by atoms with Crippen molar-refractivity contribution in [3.63, 3.8) is 0 Å². The molecule has 0 unspecified atom stereocenters.